The first kappa shape index (κ1) is 13.2. The van der Waals surface area contributed by atoms with Crippen LogP contribution < -0.4 is 10.4 Å². The number of terminal acetylenes is 2. The van der Waals surface area contributed by atoms with Gasteiger partial charge in [-0.05, 0) is 22.5 Å². The SMILES string of the molecule is C#Cc1ccccc1[Si](C)(C)c1ccccc1C#C. The first-order valence-corrected chi connectivity index (χ1v) is 9.23. The fourth-order valence-electron chi connectivity index (χ4n) is 2.45. The average molecular weight is 260 g/mol. The van der Waals surface area contributed by atoms with Crippen molar-refractivity contribution in [3.8, 4) is 24.7 Å². The minimum absolute atomic E-state index is 0.978. The maximum absolute atomic E-state index is 5.63. The zero-order valence-electron chi connectivity index (χ0n) is 11.3. The van der Waals surface area contributed by atoms with Gasteiger partial charge in [0.25, 0.3) is 0 Å². The maximum Gasteiger partial charge on any atom is 0.115 e. The number of hydrogen-bond donors (Lipinski definition) is 0. The predicted octanol–water partition coefficient (Wildman–Crippen LogP) is 2.47. The van der Waals surface area contributed by atoms with Crippen LogP contribution in [-0.2, 0) is 0 Å². The molecule has 0 N–H and O–H groups in total. The van der Waals surface area contributed by atoms with Gasteiger partial charge in [0.2, 0.25) is 0 Å². The lowest BCUT2D eigenvalue weighted by molar-refractivity contribution is 1.62. The van der Waals surface area contributed by atoms with Crippen LogP contribution in [0.4, 0.5) is 0 Å². The lowest BCUT2D eigenvalue weighted by atomic mass is 10.2. The quantitative estimate of drug-likeness (QED) is 0.575. The number of benzene rings is 2. The van der Waals surface area contributed by atoms with E-state index in [0.29, 0.717) is 0 Å². The Morgan fingerprint density at radius 1 is 0.737 bits per heavy atom. The van der Waals surface area contributed by atoms with Crippen molar-refractivity contribution in [1.82, 2.24) is 0 Å². The van der Waals surface area contributed by atoms with Gasteiger partial charge in [-0.1, -0.05) is 61.3 Å². The second kappa shape index (κ2) is 5.18. The van der Waals surface area contributed by atoms with Crippen LogP contribution in [0.1, 0.15) is 11.1 Å². The highest BCUT2D eigenvalue weighted by molar-refractivity contribution is 7.01. The molecule has 0 heterocycles. The summed E-state index contributed by atoms with van der Waals surface area (Å²) in [7, 11) is -1.87. The molecule has 0 aliphatic rings. The van der Waals surface area contributed by atoms with Crippen LogP contribution in [0.3, 0.4) is 0 Å². The Balaban J connectivity index is 2.67. The predicted molar refractivity (Wildman–Crippen MR) is 85.5 cm³/mol. The smallest absolute Gasteiger partial charge is 0.115 e. The third-order valence-corrected chi connectivity index (χ3v) is 7.08. The van der Waals surface area contributed by atoms with E-state index in [2.05, 4.69) is 37.1 Å². The summed E-state index contributed by atoms with van der Waals surface area (Å²) in [5.41, 5.74) is 1.96. The van der Waals surface area contributed by atoms with E-state index in [1.807, 2.05) is 36.4 Å². The summed E-state index contributed by atoms with van der Waals surface area (Å²) in [6.07, 6.45) is 11.3. The maximum atomic E-state index is 5.63. The molecule has 2 aromatic carbocycles. The van der Waals surface area contributed by atoms with Crippen molar-refractivity contribution in [3.05, 3.63) is 59.7 Å². The lowest BCUT2D eigenvalue weighted by Gasteiger charge is -2.26. The molecule has 0 saturated heterocycles. The van der Waals surface area contributed by atoms with Crippen LogP contribution in [0.15, 0.2) is 48.5 Å². The van der Waals surface area contributed by atoms with E-state index in [0.717, 1.165) is 11.1 Å². The van der Waals surface area contributed by atoms with Gasteiger partial charge in [-0.15, -0.1) is 12.8 Å². The summed E-state index contributed by atoms with van der Waals surface area (Å²) in [5, 5.41) is 2.53. The van der Waals surface area contributed by atoms with Crippen molar-refractivity contribution in [2.24, 2.45) is 0 Å². The standard InChI is InChI=1S/C18H16Si/c1-5-15-11-7-9-13-17(15)19(3,4)18-14-10-8-12-16(18)6-2/h1-2,7-14H,3-4H3. The normalized spacial score (nSPS) is 10.5. The van der Waals surface area contributed by atoms with Crippen LogP contribution in [0.25, 0.3) is 0 Å². The molecule has 0 aliphatic heterocycles. The van der Waals surface area contributed by atoms with Crippen molar-refractivity contribution < 1.29 is 0 Å². The van der Waals surface area contributed by atoms with Gasteiger partial charge in [0, 0.05) is 11.1 Å². The molecule has 2 aromatic rings. The highest BCUT2D eigenvalue weighted by atomic mass is 28.3. The molecule has 0 aromatic heterocycles. The highest BCUT2D eigenvalue weighted by Gasteiger charge is 2.29. The molecule has 1 heteroatoms. The van der Waals surface area contributed by atoms with Gasteiger partial charge >= 0.3 is 0 Å². The molecule has 0 spiro atoms. The van der Waals surface area contributed by atoms with E-state index in [-0.39, 0.29) is 0 Å². The van der Waals surface area contributed by atoms with Crippen LogP contribution >= 0.6 is 0 Å². The van der Waals surface area contributed by atoms with Crippen molar-refractivity contribution in [1.29, 1.82) is 0 Å². The van der Waals surface area contributed by atoms with E-state index in [1.165, 1.54) is 10.4 Å². The molecule has 92 valence electrons. The Morgan fingerprint density at radius 3 is 1.47 bits per heavy atom. The largest absolute Gasteiger partial charge is 0.115 e. The second-order valence-electron chi connectivity index (χ2n) is 5.00. The third kappa shape index (κ3) is 2.34. The van der Waals surface area contributed by atoms with Crippen molar-refractivity contribution in [3.63, 3.8) is 0 Å². The molecule has 0 amide bonds. The highest BCUT2D eigenvalue weighted by Crippen LogP contribution is 2.10. The third-order valence-electron chi connectivity index (χ3n) is 3.51. The fourth-order valence-corrected chi connectivity index (χ4v) is 5.43. The monoisotopic (exact) mass is 260 g/mol. The summed E-state index contributed by atoms with van der Waals surface area (Å²) < 4.78 is 0. The summed E-state index contributed by atoms with van der Waals surface area (Å²) in [5.74, 6) is 5.58. The average Bonchev–Trinajstić information content (AvgIpc) is 2.47. The van der Waals surface area contributed by atoms with Gasteiger partial charge in [-0.3, -0.25) is 0 Å². The van der Waals surface area contributed by atoms with Gasteiger partial charge in [0.1, 0.15) is 8.07 Å². The van der Waals surface area contributed by atoms with Crippen LogP contribution in [0.2, 0.25) is 13.1 Å². The molecule has 0 nitrogen and oxygen atoms in total. The Hall–Kier alpha value is -2.22. The van der Waals surface area contributed by atoms with Gasteiger partial charge < -0.3 is 0 Å². The first-order chi connectivity index (χ1) is 9.11. The molecule has 0 atom stereocenters. The van der Waals surface area contributed by atoms with Crippen molar-refractivity contribution in [2.45, 2.75) is 13.1 Å². The van der Waals surface area contributed by atoms with E-state index < -0.39 is 8.07 Å². The first-order valence-electron chi connectivity index (χ1n) is 6.23. The van der Waals surface area contributed by atoms with E-state index in [4.69, 9.17) is 12.8 Å². The molecule has 0 bridgehead atoms. The van der Waals surface area contributed by atoms with Crippen LogP contribution in [-0.4, -0.2) is 8.07 Å². The summed E-state index contributed by atoms with van der Waals surface area (Å²) >= 11 is 0. The Bertz CT molecular complexity index is 622. The molecule has 0 fully saturated rings. The zero-order chi connectivity index (χ0) is 13.9. The van der Waals surface area contributed by atoms with Gasteiger partial charge in [0.05, 0.1) is 0 Å². The van der Waals surface area contributed by atoms with Crippen molar-refractivity contribution >= 4 is 18.4 Å². The molecule has 19 heavy (non-hydrogen) atoms. The lowest BCUT2D eigenvalue weighted by Crippen LogP contribution is -2.55. The minimum Gasteiger partial charge on any atom is -0.115 e. The molecule has 0 saturated carbocycles. The van der Waals surface area contributed by atoms with Crippen LogP contribution in [0, 0.1) is 24.7 Å². The minimum atomic E-state index is -1.87. The van der Waals surface area contributed by atoms with Crippen molar-refractivity contribution in [2.75, 3.05) is 0 Å². The number of hydrogen-bond acceptors (Lipinski definition) is 0. The summed E-state index contributed by atoms with van der Waals surface area (Å²) in [4.78, 5) is 0. The Morgan fingerprint density at radius 2 is 1.11 bits per heavy atom. The molecule has 2 rings (SSSR count). The topological polar surface area (TPSA) is 0 Å². The summed E-state index contributed by atoms with van der Waals surface area (Å²) in [6, 6.07) is 16.3. The molecule has 0 aliphatic carbocycles. The van der Waals surface area contributed by atoms with Gasteiger partial charge in [0.15, 0.2) is 0 Å². The van der Waals surface area contributed by atoms with Crippen LogP contribution in [0.5, 0.6) is 0 Å². The number of rotatable bonds is 2. The fraction of sp³-hybridized carbons (Fsp3) is 0.111. The molecule has 0 radical (unpaired) electrons. The van der Waals surface area contributed by atoms with Gasteiger partial charge in [-0.25, -0.2) is 0 Å². The Labute approximate surface area is 116 Å². The van der Waals surface area contributed by atoms with E-state index in [1.54, 1.807) is 0 Å². The molecular weight excluding hydrogens is 244 g/mol. The van der Waals surface area contributed by atoms with E-state index >= 15 is 0 Å². The zero-order valence-corrected chi connectivity index (χ0v) is 12.3. The summed E-state index contributed by atoms with van der Waals surface area (Å²) in [6.45, 7) is 4.58. The van der Waals surface area contributed by atoms with Gasteiger partial charge in [-0.2, -0.15) is 0 Å². The van der Waals surface area contributed by atoms with E-state index in [9.17, 15) is 0 Å². The second-order valence-corrected chi connectivity index (χ2v) is 9.33. The Kier molecular flexibility index (Phi) is 3.61. The molecular formula is C18H16Si. The molecule has 0 unspecified atom stereocenters.